The van der Waals surface area contributed by atoms with Crippen LogP contribution in [-0.4, -0.2) is 88.7 Å². The minimum Gasteiger partial charge on any atom is -0.378 e. The third kappa shape index (κ3) is 11.8. The lowest BCUT2D eigenvalue weighted by Gasteiger charge is -2.45. The maximum Gasteiger partial charge on any atom is 0.203 e. The molecule has 0 aliphatic rings. The number of nitrogens with zero attached hydrogens (tertiary/aromatic N) is 3. The number of ether oxygens (including phenoxy) is 1. The van der Waals surface area contributed by atoms with Crippen molar-refractivity contribution in [1.82, 2.24) is 14.2 Å². The molecule has 0 N–H and O–H groups in total. The van der Waals surface area contributed by atoms with Gasteiger partial charge in [0.2, 0.25) is 5.12 Å². The largest absolute Gasteiger partial charge is 0.378 e. The van der Waals surface area contributed by atoms with Gasteiger partial charge in [0, 0.05) is 29.9 Å². The molecule has 8 heteroatoms. The van der Waals surface area contributed by atoms with Gasteiger partial charge in [0.1, 0.15) is 0 Å². The van der Waals surface area contributed by atoms with E-state index in [4.69, 9.17) is 9.26 Å². The van der Waals surface area contributed by atoms with Crippen LogP contribution in [0.1, 0.15) is 69.2 Å². The highest BCUT2D eigenvalue weighted by molar-refractivity contribution is 8.13. The van der Waals surface area contributed by atoms with Crippen molar-refractivity contribution in [2.45, 2.75) is 93.4 Å². The summed E-state index contributed by atoms with van der Waals surface area (Å²) in [6.45, 7) is 26.1. The number of thioether (sulfide) groups is 1. The fourth-order valence-corrected chi connectivity index (χ4v) is 6.43. The first-order chi connectivity index (χ1) is 14.1. The molecule has 0 unspecified atom stereocenters. The van der Waals surface area contributed by atoms with Crippen molar-refractivity contribution in [1.29, 1.82) is 0 Å². The van der Waals surface area contributed by atoms with E-state index >= 15 is 0 Å². The monoisotopic (exact) mass is 465 g/mol. The summed E-state index contributed by atoms with van der Waals surface area (Å²) in [4.78, 5) is 14.1. The van der Waals surface area contributed by atoms with E-state index in [2.05, 4.69) is 83.5 Å². The predicted octanol–water partition coefficient (Wildman–Crippen LogP) is 5.09. The minimum absolute atomic E-state index is 0.219. The Labute approximate surface area is 192 Å². The number of carbonyl (C=O) groups excluding carboxylic acids is 1. The third-order valence-electron chi connectivity index (χ3n) is 4.68. The van der Waals surface area contributed by atoms with Crippen molar-refractivity contribution in [3.05, 3.63) is 0 Å². The van der Waals surface area contributed by atoms with Crippen LogP contribution in [0, 0.1) is 0 Å². The molecule has 0 aromatic carbocycles. The van der Waals surface area contributed by atoms with Crippen molar-refractivity contribution >= 4 is 25.3 Å². The Morgan fingerprint density at radius 3 is 1.67 bits per heavy atom. The molecule has 0 fully saturated rings. The molecule has 0 aliphatic heterocycles. The van der Waals surface area contributed by atoms with E-state index in [9.17, 15) is 4.79 Å². The van der Waals surface area contributed by atoms with Crippen LogP contribution in [0.25, 0.3) is 0 Å². The summed E-state index contributed by atoms with van der Waals surface area (Å²) in [6, 6.07) is 1.63. The Kier molecular flexibility index (Phi) is 17.0. The summed E-state index contributed by atoms with van der Waals surface area (Å²) < 4.78 is 17.2. The fourth-order valence-electron chi connectivity index (χ4n) is 3.41. The Bertz CT molecular complexity index is 413. The third-order valence-corrected chi connectivity index (χ3v) is 8.56. The van der Waals surface area contributed by atoms with Crippen molar-refractivity contribution in [3.63, 3.8) is 0 Å². The van der Waals surface area contributed by atoms with Gasteiger partial charge in [-0.2, -0.15) is 0 Å². The highest BCUT2D eigenvalue weighted by Gasteiger charge is 2.34. The first kappa shape index (κ1) is 30.2. The number of hydrogen-bond donors (Lipinski definition) is 0. The fraction of sp³-hybridized carbons (Fsp3) is 0.955. The van der Waals surface area contributed by atoms with Gasteiger partial charge in [-0.1, -0.05) is 25.6 Å². The van der Waals surface area contributed by atoms with Gasteiger partial charge in [-0.15, -0.1) is 0 Å². The van der Waals surface area contributed by atoms with Crippen LogP contribution >= 0.6 is 20.2 Å². The summed E-state index contributed by atoms with van der Waals surface area (Å²) in [6.07, 6.45) is 0. The number of rotatable bonds is 17. The molecular formula is C22H48N3O3PS. The first-order valence-corrected chi connectivity index (χ1v) is 13.7. The van der Waals surface area contributed by atoms with Crippen LogP contribution in [0.15, 0.2) is 0 Å². The predicted molar refractivity (Wildman–Crippen MR) is 133 cm³/mol. The second kappa shape index (κ2) is 16.8. The second-order valence-electron chi connectivity index (χ2n) is 8.52. The van der Waals surface area contributed by atoms with E-state index in [-0.39, 0.29) is 5.12 Å². The van der Waals surface area contributed by atoms with Crippen molar-refractivity contribution in [3.8, 4) is 0 Å². The number of likely N-dealkylation sites (N-methyl/N-ethyl adjacent to an activating group) is 1. The normalized spacial score (nSPS) is 12.9. The summed E-state index contributed by atoms with van der Waals surface area (Å²) in [5, 5.41) is 0.219. The highest BCUT2D eigenvalue weighted by Crippen LogP contribution is 2.50. The molecule has 0 aromatic rings. The molecule has 30 heavy (non-hydrogen) atoms. The van der Waals surface area contributed by atoms with Gasteiger partial charge in [0.05, 0.1) is 26.4 Å². The van der Waals surface area contributed by atoms with Gasteiger partial charge in [0.15, 0.2) is 8.45 Å². The average Bonchev–Trinajstić information content (AvgIpc) is 2.63. The highest BCUT2D eigenvalue weighted by atomic mass is 32.2. The standard InChI is InChI=1S/C22H48N3O3PS/c1-11-23(12-2)17-22(26)30-16-15-27-13-14-28-29(24(18(3)4)19(5)6)25(20(7)8)21(9)10/h18-21H,11-17H2,1-10H3. The summed E-state index contributed by atoms with van der Waals surface area (Å²) in [5.41, 5.74) is 0. The zero-order valence-electron chi connectivity index (χ0n) is 21.2. The van der Waals surface area contributed by atoms with Crippen LogP contribution in [0.5, 0.6) is 0 Å². The summed E-state index contributed by atoms with van der Waals surface area (Å²) in [5.74, 6) is 0.698. The van der Waals surface area contributed by atoms with E-state index in [0.29, 0.717) is 56.3 Å². The lowest BCUT2D eigenvalue weighted by molar-refractivity contribution is -0.112. The van der Waals surface area contributed by atoms with E-state index in [0.717, 1.165) is 13.1 Å². The molecule has 0 aromatic heterocycles. The molecule has 0 amide bonds. The van der Waals surface area contributed by atoms with Crippen LogP contribution < -0.4 is 0 Å². The van der Waals surface area contributed by atoms with Crippen molar-refractivity contribution in [2.24, 2.45) is 0 Å². The number of carbonyl (C=O) groups is 1. The van der Waals surface area contributed by atoms with Gasteiger partial charge < -0.3 is 9.26 Å². The van der Waals surface area contributed by atoms with Crippen LogP contribution in [0.4, 0.5) is 0 Å². The maximum absolute atomic E-state index is 12.0. The average molecular weight is 466 g/mol. The second-order valence-corrected chi connectivity index (χ2v) is 11.4. The Hall–Kier alpha value is 0.250. The molecule has 6 nitrogen and oxygen atoms in total. The van der Waals surface area contributed by atoms with E-state index in [1.165, 1.54) is 11.8 Å². The Morgan fingerprint density at radius 1 is 0.800 bits per heavy atom. The molecule has 0 spiro atoms. The topological polar surface area (TPSA) is 45.3 Å². The van der Waals surface area contributed by atoms with E-state index in [1.807, 2.05) is 0 Å². The van der Waals surface area contributed by atoms with Gasteiger partial charge in [0.25, 0.3) is 0 Å². The Morgan fingerprint density at radius 2 is 1.27 bits per heavy atom. The zero-order valence-corrected chi connectivity index (χ0v) is 22.9. The molecule has 180 valence electrons. The van der Waals surface area contributed by atoms with Crippen LogP contribution in [0.2, 0.25) is 0 Å². The van der Waals surface area contributed by atoms with Crippen molar-refractivity contribution < 1.29 is 14.1 Å². The van der Waals surface area contributed by atoms with E-state index in [1.54, 1.807) is 0 Å². The quantitative estimate of drug-likeness (QED) is 0.219. The zero-order chi connectivity index (χ0) is 23.3. The van der Waals surface area contributed by atoms with E-state index < -0.39 is 8.45 Å². The molecule has 0 saturated carbocycles. The van der Waals surface area contributed by atoms with Crippen LogP contribution in [0.3, 0.4) is 0 Å². The first-order valence-electron chi connectivity index (χ1n) is 11.5. The van der Waals surface area contributed by atoms with Gasteiger partial charge >= 0.3 is 0 Å². The molecule has 0 radical (unpaired) electrons. The lowest BCUT2D eigenvalue weighted by Crippen LogP contribution is -2.43. The lowest BCUT2D eigenvalue weighted by atomic mass is 10.3. The molecule has 0 rings (SSSR count). The Balaban J connectivity index is 4.54. The molecule has 0 bridgehead atoms. The summed E-state index contributed by atoms with van der Waals surface area (Å²) in [7, 11) is -0.872. The minimum atomic E-state index is -0.872. The maximum atomic E-state index is 12.0. The SMILES string of the molecule is CCN(CC)CC(=O)SCCOCCOP(N(C(C)C)C(C)C)N(C(C)C)C(C)C. The smallest absolute Gasteiger partial charge is 0.203 e. The van der Waals surface area contributed by atoms with Gasteiger partial charge in [-0.05, 0) is 68.5 Å². The molecule has 0 atom stereocenters. The van der Waals surface area contributed by atoms with Gasteiger partial charge in [-0.3, -0.25) is 9.69 Å². The molecule has 0 aliphatic carbocycles. The number of hydrogen-bond acceptors (Lipinski definition) is 7. The van der Waals surface area contributed by atoms with Crippen molar-refractivity contribution in [2.75, 3.05) is 45.2 Å². The summed E-state index contributed by atoms with van der Waals surface area (Å²) >= 11 is 1.37. The van der Waals surface area contributed by atoms with Crippen LogP contribution in [-0.2, 0) is 14.1 Å². The van der Waals surface area contributed by atoms with Gasteiger partial charge in [-0.25, -0.2) is 9.34 Å². The molecular weight excluding hydrogens is 417 g/mol. The molecule has 0 heterocycles. The molecule has 0 saturated heterocycles.